The molecule has 148 valence electrons. The van der Waals surface area contributed by atoms with Crippen LogP contribution in [0.5, 0.6) is 0 Å². The zero-order chi connectivity index (χ0) is 18.4. The summed E-state index contributed by atoms with van der Waals surface area (Å²) in [6, 6.07) is 10.9. The minimum Gasteiger partial charge on any atom is -0.444 e. The molecule has 1 fully saturated rings. The molecular formula is C21H31IN4O. The second kappa shape index (κ2) is 10.1. The number of aliphatic imine (C=N–C) groups is 1. The second-order valence-corrected chi connectivity index (χ2v) is 7.15. The molecule has 0 atom stereocenters. The number of rotatable bonds is 6. The number of halogens is 1. The maximum absolute atomic E-state index is 5.64. The standard InChI is InChI=1S/C21H30N4O.HI/c1-4-22-20(23-14-19-25-16(2)17(3)26-19)24-15-21(12-8-9-13-21)18-10-6-5-7-11-18;/h5-7,10-11H,4,8-9,12-15H2,1-3H3,(H2,22,23,24);1H. The fraction of sp³-hybridized carbons (Fsp3) is 0.524. The molecule has 1 heterocycles. The van der Waals surface area contributed by atoms with Crippen molar-refractivity contribution in [1.82, 2.24) is 15.6 Å². The van der Waals surface area contributed by atoms with Crippen LogP contribution in [0, 0.1) is 13.8 Å². The van der Waals surface area contributed by atoms with Crippen LogP contribution in [-0.2, 0) is 12.0 Å². The number of nitrogens with zero attached hydrogens (tertiary/aromatic N) is 2. The van der Waals surface area contributed by atoms with Gasteiger partial charge in [-0.1, -0.05) is 43.2 Å². The van der Waals surface area contributed by atoms with E-state index in [2.05, 4.69) is 57.9 Å². The molecule has 0 bridgehead atoms. The van der Waals surface area contributed by atoms with E-state index < -0.39 is 0 Å². The zero-order valence-electron chi connectivity index (χ0n) is 16.5. The number of hydrogen-bond acceptors (Lipinski definition) is 3. The molecule has 6 heteroatoms. The smallest absolute Gasteiger partial charge is 0.216 e. The van der Waals surface area contributed by atoms with Gasteiger partial charge in [0.05, 0.1) is 5.69 Å². The molecule has 1 aromatic heterocycles. The largest absolute Gasteiger partial charge is 0.444 e. The van der Waals surface area contributed by atoms with Crippen LogP contribution in [0.25, 0.3) is 0 Å². The molecular weight excluding hydrogens is 451 g/mol. The van der Waals surface area contributed by atoms with Gasteiger partial charge in [-0.05, 0) is 39.2 Å². The van der Waals surface area contributed by atoms with E-state index in [1.165, 1.54) is 31.2 Å². The lowest BCUT2D eigenvalue weighted by molar-refractivity contribution is 0.431. The lowest BCUT2D eigenvalue weighted by Crippen LogP contribution is -2.44. The highest BCUT2D eigenvalue weighted by Crippen LogP contribution is 2.40. The minimum atomic E-state index is 0. The van der Waals surface area contributed by atoms with Crippen LogP contribution < -0.4 is 10.6 Å². The Balaban J connectivity index is 0.00000261. The van der Waals surface area contributed by atoms with Crippen molar-refractivity contribution in [2.75, 3.05) is 13.1 Å². The molecule has 0 saturated heterocycles. The van der Waals surface area contributed by atoms with Gasteiger partial charge in [-0.2, -0.15) is 0 Å². The average Bonchev–Trinajstić information content (AvgIpc) is 3.26. The van der Waals surface area contributed by atoms with Gasteiger partial charge in [-0.3, -0.25) is 0 Å². The summed E-state index contributed by atoms with van der Waals surface area (Å²) in [7, 11) is 0. The second-order valence-electron chi connectivity index (χ2n) is 7.15. The first kappa shape index (κ1) is 21.7. The maximum atomic E-state index is 5.64. The van der Waals surface area contributed by atoms with Crippen molar-refractivity contribution >= 4 is 29.9 Å². The van der Waals surface area contributed by atoms with Crippen LogP contribution in [0.3, 0.4) is 0 Å². The van der Waals surface area contributed by atoms with E-state index in [1.54, 1.807) is 0 Å². The number of oxazole rings is 1. The molecule has 5 nitrogen and oxygen atoms in total. The molecule has 1 saturated carbocycles. The molecule has 2 N–H and O–H groups in total. The average molecular weight is 482 g/mol. The van der Waals surface area contributed by atoms with Crippen LogP contribution >= 0.6 is 24.0 Å². The summed E-state index contributed by atoms with van der Waals surface area (Å²) in [5, 5.41) is 6.90. The van der Waals surface area contributed by atoms with E-state index in [-0.39, 0.29) is 29.4 Å². The van der Waals surface area contributed by atoms with E-state index in [0.29, 0.717) is 12.4 Å². The van der Waals surface area contributed by atoms with Crippen LogP contribution in [-0.4, -0.2) is 24.0 Å². The molecule has 0 spiro atoms. The van der Waals surface area contributed by atoms with Crippen molar-refractivity contribution in [1.29, 1.82) is 0 Å². The Labute approximate surface area is 179 Å². The highest BCUT2D eigenvalue weighted by atomic mass is 127. The Hall–Kier alpha value is -1.57. The van der Waals surface area contributed by atoms with E-state index in [4.69, 9.17) is 4.42 Å². The van der Waals surface area contributed by atoms with Gasteiger partial charge in [0, 0.05) is 18.5 Å². The minimum absolute atomic E-state index is 0. The molecule has 1 aromatic carbocycles. The molecule has 27 heavy (non-hydrogen) atoms. The van der Waals surface area contributed by atoms with Crippen molar-refractivity contribution in [3.8, 4) is 0 Å². The summed E-state index contributed by atoms with van der Waals surface area (Å²) < 4.78 is 5.64. The van der Waals surface area contributed by atoms with Gasteiger partial charge >= 0.3 is 0 Å². The molecule has 3 rings (SSSR count). The van der Waals surface area contributed by atoms with Gasteiger partial charge in [0.15, 0.2) is 5.96 Å². The monoisotopic (exact) mass is 482 g/mol. The zero-order valence-corrected chi connectivity index (χ0v) is 18.9. The van der Waals surface area contributed by atoms with E-state index in [0.717, 1.165) is 30.5 Å². The summed E-state index contributed by atoms with van der Waals surface area (Å²) in [5.74, 6) is 2.35. The highest BCUT2D eigenvalue weighted by molar-refractivity contribution is 14.0. The quantitative estimate of drug-likeness (QED) is 0.362. The summed E-state index contributed by atoms with van der Waals surface area (Å²) >= 11 is 0. The van der Waals surface area contributed by atoms with Gasteiger partial charge in [0.2, 0.25) is 5.89 Å². The molecule has 0 amide bonds. The van der Waals surface area contributed by atoms with Gasteiger partial charge in [-0.15, -0.1) is 24.0 Å². The van der Waals surface area contributed by atoms with Gasteiger partial charge < -0.3 is 15.1 Å². The van der Waals surface area contributed by atoms with E-state index in [1.807, 2.05) is 13.8 Å². The van der Waals surface area contributed by atoms with Crippen LogP contribution in [0.4, 0.5) is 0 Å². The number of nitrogens with one attached hydrogen (secondary N) is 2. The SMILES string of the molecule is CCNC(=NCc1nc(C)c(C)o1)NCC1(c2ccccc2)CCCC1.I. The van der Waals surface area contributed by atoms with Crippen LogP contribution in [0.1, 0.15) is 55.5 Å². The third-order valence-corrected chi connectivity index (χ3v) is 5.33. The predicted octanol–water partition coefficient (Wildman–Crippen LogP) is 4.48. The van der Waals surface area contributed by atoms with Gasteiger partial charge in [0.1, 0.15) is 12.3 Å². The summed E-state index contributed by atoms with van der Waals surface area (Å²) in [6.07, 6.45) is 5.03. The summed E-state index contributed by atoms with van der Waals surface area (Å²) in [5.41, 5.74) is 2.56. The number of aromatic nitrogens is 1. The first-order valence-corrected chi connectivity index (χ1v) is 9.63. The Bertz CT molecular complexity index is 716. The topological polar surface area (TPSA) is 62.5 Å². The van der Waals surface area contributed by atoms with Crippen molar-refractivity contribution in [2.45, 2.75) is 58.4 Å². The first-order chi connectivity index (χ1) is 12.6. The lowest BCUT2D eigenvalue weighted by atomic mass is 9.79. The molecule has 1 aliphatic rings. The normalized spacial score (nSPS) is 16.0. The molecule has 2 aromatic rings. The fourth-order valence-corrected chi connectivity index (χ4v) is 3.76. The Morgan fingerprint density at radius 3 is 2.44 bits per heavy atom. The Morgan fingerprint density at radius 2 is 1.85 bits per heavy atom. The predicted molar refractivity (Wildman–Crippen MR) is 121 cm³/mol. The molecule has 1 aliphatic carbocycles. The van der Waals surface area contributed by atoms with Gasteiger partial charge in [-0.25, -0.2) is 9.98 Å². The number of benzene rings is 1. The number of hydrogen-bond donors (Lipinski definition) is 2. The first-order valence-electron chi connectivity index (χ1n) is 9.63. The lowest BCUT2D eigenvalue weighted by Gasteiger charge is -2.30. The van der Waals surface area contributed by atoms with Gasteiger partial charge in [0.25, 0.3) is 0 Å². The van der Waals surface area contributed by atoms with Crippen molar-refractivity contribution < 1.29 is 4.42 Å². The number of guanidine groups is 1. The van der Waals surface area contributed by atoms with Crippen LogP contribution in [0.2, 0.25) is 0 Å². The summed E-state index contributed by atoms with van der Waals surface area (Å²) in [4.78, 5) is 9.07. The van der Waals surface area contributed by atoms with Crippen molar-refractivity contribution in [3.05, 3.63) is 53.2 Å². The van der Waals surface area contributed by atoms with Crippen molar-refractivity contribution in [3.63, 3.8) is 0 Å². The fourth-order valence-electron chi connectivity index (χ4n) is 3.76. The van der Waals surface area contributed by atoms with E-state index >= 15 is 0 Å². The third-order valence-electron chi connectivity index (χ3n) is 5.33. The van der Waals surface area contributed by atoms with Crippen molar-refractivity contribution in [2.24, 2.45) is 4.99 Å². The Morgan fingerprint density at radius 1 is 1.15 bits per heavy atom. The van der Waals surface area contributed by atoms with E-state index in [9.17, 15) is 0 Å². The maximum Gasteiger partial charge on any atom is 0.216 e. The third kappa shape index (κ3) is 5.46. The van der Waals surface area contributed by atoms with Crippen LogP contribution in [0.15, 0.2) is 39.7 Å². The molecule has 0 radical (unpaired) electrons. The molecule has 0 aliphatic heterocycles. The molecule has 0 unspecified atom stereocenters. The Kier molecular flexibility index (Phi) is 8.13. The highest BCUT2D eigenvalue weighted by Gasteiger charge is 2.35. The summed E-state index contributed by atoms with van der Waals surface area (Å²) in [6.45, 7) is 8.14. The number of aryl methyl sites for hydroxylation is 2.